The molecule has 0 N–H and O–H groups in total. The number of aromatic nitrogens is 3. The first kappa shape index (κ1) is 15.3. The molecular formula is C16H22N4OS. The molecule has 1 fully saturated rings. The molecule has 0 bridgehead atoms. The minimum Gasteiger partial charge on any atom is -0.339 e. The third kappa shape index (κ3) is 2.72. The van der Waals surface area contributed by atoms with E-state index >= 15 is 0 Å². The molecule has 5 nitrogen and oxygen atoms in total. The maximum Gasteiger partial charge on any atom is 0.255 e. The molecule has 3 rings (SSSR count). The fourth-order valence-corrected chi connectivity index (χ4v) is 3.69. The van der Waals surface area contributed by atoms with Crippen molar-refractivity contribution in [3.63, 3.8) is 0 Å². The lowest BCUT2D eigenvalue weighted by Crippen LogP contribution is -2.39. The zero-order valence-corrected chi connectivity index (χ0v) is 14.2. The van der Waals surface area contributed by atoms with E-state index in [1.165, 1.54) is 0 Å². The van der Waals surface area contributed by atoms with Crippen LogP contribution in [0.1, 0.15) is 35.8 Å². The summed E-state index contributed by atoms with van der Waals surface area (Å²) in [4.78, 5) is 19.4. The van der Waals surface area contributed by atoms with Gasteiger partial charge in [0.15, 0.2) is 5.65 Å². The van der Waals surface area contributed by atoms with Crippen LogP contribution in [0.25, 0.3) is 11.0 Å². The van der Waals surface area contributed by atoms with E-state index < -0.39 is 0 Å². The van der Waals surface area contributed by atoms with E-state index in [4.69, 9.17) is 0 Å². The third-order valence-corrected chi connectivity index (χ3v) is 5.53. The van der Waals surface area contributed by atoms with E-state index in [0.717, 1.165) is 49.2 Å². The van der Waals surface area contributed by atoms with Gasteiger partial charge in [-0.3, -0.25) is 4.79 Å². The van der Waals surface area contributed by atoms with Gasteiger partial charge in [-0.1, -0.05) is 0 Å². The van der Waals surface area contributed by atoms with Crippen molar-refractivity contribution < 1.29 is 4.79 Å². The molecule has 2 aromatic heterocycles. The number of fused-ring (bicyclic) bond motifs is 1. The van der Waals surface area contributed by atoms with Crippen LogP contribution in [-0.2, 0) is 6.54 Å². The molecule has 22 heavy (non-hydrogen) atoms. The van der Waals surface area contributed by atoms with Crippen LogP contribution in [0.5, 0.6) is 0 Å². The van der Waals surface area contributed by atoms with Crippen LogP contribution in [0, 0.1) is 6.92 Å². The fourth-order valence-electron chi connectivity index (χ4n) is 3.01. The molecule has 0 aliphatic carbocycles. The molecule has 0 saturated carbocycles. The van der Waals surface area contributed by atoms with Crippen LogP contribution in [0.3, 0.4) is 0 Å². The van der Waals surface area contributed by atoms with Gasteiger partial charge in [-0.15, -0.1) is 0 Å². The molecule has 1 aliphatic rings. The Kier molecular flexibility index (Phi) is 4.38. The molecule has 0 radical (unpaired) electrons. The number of pyridine rings is 1. The Hall–Kier alpha value is -1.56. The number of likely N-dealkylation sites (tertiary alicyclic amines) is 1. The number of amides is 1. The highest BCUT2D eigenvalue weighted by atomic mass is 32.2. The Bertz CT molecular complexity index is 689. The summed E-state index contributed by atoms with van der Waals surface area (Å²) in [6.07, 6.45) is 6.10. The summed E-state index contributed by atoms with van der Waals surface area (Å²) >= 11 is 1.90. The zero-order valence-electron chi connectivity index (χ0n) is 13.4. The Balaban J connectivity index is 1.86. The van der Waals surface area contributed by atoms with Crippen molar-refractivity contribution in [2.45, 2.75) is 38.5 Å². The Labute approximate surface area is 135 Å². The van der Waals surface area contributed by atoms with Crippen molar-refractivity contribution in [2.24, 2.45) is 0 Å². The van der Waals surface area contributed by atoms with Gasteiger partial charge in [0, 0.05) is 30.3 Å². The highest BCUT2D eigenvalue weighted by Gasteiger charge is 2.25. The van der Waals surface area contributed by atoms with E-state index in [2.05, 4.69) is 16.3 Å². The van der Waals surface area contributed by atoms with Crippen molar-refractivity contribution in [3.05, 3.63) is 23.5 Å². The zero-order chi connectivity index (χ0) is 15.7. The highest BCUT2D eigenvalue weighted by Crippen LogP contribution is 2.24. The molecule has 0 atom stereocenters. The standard InChI is InChI=1S/C16H22N4OS/c1-4-20-15-12(10-17-20)9-14(11(2)18-15)16(21)19-7-5-13(22-3)6-8-19/h9-10,13H,4-8H2,1-3H3. The summed E-state index contributed by atoms with van der Waals surface area (Å²) in [5.41, 5.74) is 2.36. The van der Waals surface area contributed by atoms with Crippen LogP contribution >= 0.6 is 11.8 Å². The second kappa shape index (κ2) is 6.28. The second-order valence-electron chi connectivity index (χ2n) is 5.72. The summed E-state index contributed by atoms with van der Waals surface area (Å²) in [6, 6.07) is 1.94. The quantitative estimate of drug-likeness (QED) is 0.873. The number of nitrogens with zero attached hydrogens (tertiary/aromatic N) is 4. The largest absolute Gasteiger partial charge is 0.339 e. The number of thioether (sulfide) groups is 1. The Morgan fingerprint density at radius 1 is 1.41 bits per heavy atom. The number of aryl methyl sites for hydroxylation is 2. The average molecular weight is 318 g/mol. The van der Waals surface area contributed by atoms with Gasteiger partial charge in [0.2, 0.25) is 0 Å². The van der Waals surface area contributed by atoms with Gasteiger partial charge in [0.05, 0.1) is 17.5 Å². The normalized spacial score (nSPS) is 16.4. The lowest BCUT2D eigenvalue weighted by molar-refractivity contribution is 0.0726. The minimum absolute atomic E-state index is 0.107. The number of hydrogen-bond acceptors (Lipinski definition) is 4. The SMILES string of the molecule is CCn1ncc2cc(C(=O)N3CCC(SC)CC3)c(C)nc21. The van der Waals surface area contributed by atoms with E-state index in [-0.39, 0.29) is 5.91 Å². The van der Waals surface area contributed by atoms with Crippen molar-refractivity contribution >= 4 is 28.7 Å². The lowest BCUT2D eigenvalue weighted by atomic mass is 10.1. The first-order valence-corrected chi connectivity index (χ1v) is 9.08. The molecule has 1 amide bonds. The summed E-state index contributed by atoms with van der Waals surface area (Å²) in [6.45, 7) is 6.42. The van der Waals surface area contributed by atoms with Crippen LogP contribution in [0.2, 0.25) is 0 Å². The number of rotatable bonds is 3. The molecule has 0 spiro atoms. The number of carbonyl (C=O) groups is 1. The summed E-state index contributed by atoms with van der Waals surface area (Å²) in [5, 5.41) is 5.94. The monoisotopic (exact) mass is 318 g/mol. The molecular weight excluding hydrogens is 296 g/mol. The molecule has 0 unspecified atom stereocenters. The predicted molar refractivity (Wildman–Crippen MR) is 90.4 cm³/mol. The number of carbonyl (C=O) groups excluding carboxylic acids is 1. The smallest absolute Gasteiger partial charge is 0.255 e. The van der Waals surface area contributed by atoms with Crippen molar-refractivity contribution in [1.82, 2.24) is 19.7 Å². The van der Waals surface area contributed by atoms with Crippen LogP contribution in [0.4, 0.5) is 0 Å². The first-order valence-electron chi connectivity index (χ1n) is 7.79. The van der Waals surface area contributed by atoms with E-state index in [1.54, 1.807) is 6.20 Å². The summed E-state index contributed by atoms with van der Waals surface area (Å²) < 4.78 is 1.86. The molecule has 118 valence electrons. The van der Waals surface area contributed by atoms with Crippen LogP contribution < -0.4 is 0 Å². The summed E-state index contributed by atoms with van der Waals surface area (Å²) in [5.74, 6) is 0.107. The topological polar surface area (TPSA) is 51.0 Å². The van der Waals surface area contributed by atoms with E-state index in [0.29, 0.717) is 10.8 Å². The highest BCUT2D eigenvalue weighted by molar-refractivity contribution is 7.99. The molecule has 0 aromatic carbocycles. The van der Waals surface area contributed by atoms with Crippen molar-refractivity contribution in [2.75, 3.05) is 19.3 Å². The van der Waals surface area contributed by atoms with Gasteiger partial charge in [-0.05, 0) is 39.0 Å². The van der Waals surface area contributed by atoms with E-state index in [9.17, 15) is 4.79 Å². The molecule has 6 heteroatoms. The minimum atomic E-state index is 0.107. The maximum atomic E-state index is 12.8. The Morgan fingerprint density at radius 3 is 2.77 bits per heavy atom. The first-order chi connectivity index (χ1) is 10.6. The second-order valence-corrected chi connectivity index (χ2v) is 6.86. The van der Waals surface area contributed by atoms with Gasteiger partial charge in [0.25, 0.3) is 5.91 Å². The Morgan fingerprint density at radius 2 is 2.14 bits per heavy atom. The molecule has 2 aromatic rings. The van der Waals surface area contributed by atoms with Gasteiger partial charge in [-0.2, -0.15) is 16.9 Å². The lowest BCUT2D eigenvalue weighted by Gasteiger charge is -2.31. The van der Waals surface area contributed by atoms with Crippen molar-refractivity contribution in [3.8, 4) is 0 Å². The van der Waals surface area contributed by atoms with E-state index in [1.807, 2.05) is 41.3 Å². The number of piperidine rings is 1. The van der Waals surface area contributed by atoms with Gasteiger partial charge in [0.1, 0.15) is 0 Å². The van der Waals surface area contributed by atoms with Gasteiger partial charge in [-0.25, -0.2) is 9.67 Å². The van der Waals surface area contributed by atoms with Crippen LogP contribution in [-0.4, -0.2) is 50.2 Å². The van der Waals surface area contributed by atoms with Crippen LogP contribution in [0.15, 0.2) is 12.3 Å². The van der Waals surface area contributed by atoms with Gasteiger partial charge >= 0.3 is 0 Å². The molecule has 1 saturated heterocycles. The summed E-state index contributed by atoms with van der Waals surface area (Å²) in [7, 11) is 0. The molecule has 3 heterocycles. The fraction of sp³-hybridized carbons (Fsp3) is 0.562. The average Bonchev–Trinajstić information content (AvgIpc) is 2.95. The third-order valence-electron chi connectivity index (χ3n) is 4.39. The number of hydrogen-bond donors (Lipinski definition) is 0. The predicted octanol–water partition coefficient (Wildman–Crippen LogP) is 2.73. The maximum absolute atomic E-state index is 12.8. The van der Waals surface area contributed by atoms with Crippen molar-refractivity contribution in [1.29, 1.82) is 0 Å². The van der Waals surface area contributed by atoms with Gasteiger partial charge < -0.3 is 4.90 Å². The molecule has 1 aliphatic heterocycles.